The summed E-state index contributed by atoms with van der Waals surface area (Å²) in [5.41, 5.74) is 0. The van der Waals surface area contributed by atoms with Crippen molar-refractivity contribution in [3.8, 4) is 0 Å². The first-order chi connectivity index (χ1) is 9.99. The van der Waals surface area contributed by atoms with Crippen LogP contribution in [0.2, 0.25) is 0 Å². The number of alkyl halides is 3. The number of halogens is 3. The predicted molar refractivity (Wildman–Crippen MR) is 74.9 cm³/mol. The van der Waals surface area contributed by atoms with Gasteiger partial charge in [0.15, 0.2) is 5.82 Å². The van der Waals surface area contributed by atoms with Crippen molar-refractivity contribution in [3.63, 3.8) is 0 Å². The van der Waals surface area contributed by atoms with Crippen LogP contribution in [-0.2, 0) is 6.18 Å². The number of hydrogen-bond donors (Lipinski definition) is 0. The maximum atomic E-state index is 12.5. The van der Waals surface area contributed by atoms with Gasteiger partial charge in [0.25, 0.3) is 0 Å². The molecule has 122 valence electrons. The monoisotopic (exact) mass is 306 g/mol. The van der Waals surface area contributed by atoms with E-state index < -0.39 is 12.1 Å². The molecule has 1 rings (SSSR count). The Kier molecular flexibility index (Phi) is 7.75. The van der Waals surface area contributed by atoms with Gasteiger partial charge in [0.2, 0.25) is 0 Å². The number of unbranched alkanes of at least 4 members (excludes halogenated alkanes) is 5. The lowest BCUT2D eigenvalue weighted by molar-refractivity contribution is -0.159. The van der Waals surface area contributed by atoms with Crippen LogP contribution in [0, 0.1) is 0 Å². The maximum absolute atomic E-state index is 12.5. The smallest absolute Gasteiger partial charge is 0.329 e. The molecule has 1 aromatic rings. The fourth-order valence-electron chi connectivity index (χ4n) is 2.38. The van der Waals surface area contributed by atoms with Crippen LogP contribution in [0.25, 0.3) is 0 Å². The van der Waals surface area contributed by atoms with E-state index in [1.165, 1.54) is 0 Å². The molecule has 3 nitrogen and oxygen atoms in total. The molecule has 0 aliphatic carbocycles. The summed E-state index contributed by atoms with van der Waals surface area (Å²) in [6.07, 6.45) is 4.66. The summed E-state index contributed by atoms with van der Waals surface area (Å²) in [6, 6.07) is 0. The average molecular weight is 306 g/mol. The first kappa shape index (κ1) is 18.0. The van der Waals surface area contributed by atoms with E-state index >= 15 is 0 Å². The lowest BCUT2D eigenvalue weighted by Crippen LogP contribution is -2.07. The molecule has 1 unspecified atom stereocenters. The van der Waals surface area contributed by atoms with Crippen molar-refractivity contribution < 1.29 is 17.7 Å². The van der Waals surface area contributed by atoms with E-state index in [0.717, 1.165) is 57.8 Å². The van der Waals surface area contributed by atoms with Crippen LogP contribution in [0.3, 0.4) is 0 Å². The molecule has 0 aromatic carbocycles. The van der Waals surface area contributed by atoms with Gasteiger partial charge in [-0.15, -0.1) is 0 Å². The van der Waals surface area contributed by atoms with Crippen LogP contribution < -0.4 is 0 Å². The van der Waals surface area contributed by atoms with E-state index in [2.05, 4.69) is 28.5 Å². The Morgan fingerprint density at radius 3 is 2.05 bits per heavy atom. The lowest BCUT2D eigenvalue weighted by Gasteiger charge is -2.12. The average Bonchev–Trinajstić information content (AvgIpc) is 2.91. The van der Waals surface area contributed by atoms with Gasteiger partial charge in [-0.25, -0.2) is 0 Å². The van der Waals surface area contributed by atoms with Crippen LogP contribution in [0.5, 0.6) is 0 Å². The van der Waals surface area contributed by atoms with E-state index in [1.54, 1.807) is 0 Å². The molecule has 0 radical (unpaired) electrons. The van der Waals surface area contributed by atoms with Gasteiger partial charge >= 0.3 is 12.1 Å². The van der Waals surface area contributed by atoms with Gasteiger partial charge in [-0.1, -0.05) is 63.9 Å². The number of hydrogen-bond acceptors (Lipinski definition) is 3. The highest BCUT2D eigenvalue weighted by atomic mass is 19.4. The lowest BCUT2D eigenvalue weighted by atomic mass is 9.94. The van der Waals surface area contributed by atoms with Crippen LogP contribution in [0.15, 0.2) is 4.52 Å². The third-order valence-corrected chi connectivity index (χ3v) is 3.61. The largest absolute Gasteiger partial charge is 0.471 e. The highest BCUT2D eigenvalue weighted by Gasteiger charge is 2.39. The van der Waals surface area contributed by atoms with Crippen molar-refractivity contribution in [2.24, 2.45) is 0 Å². The van der Waals surface area contributed by atoms with E-state index in [1.807, 2.05) is 0 Å². The zero-order valence-electron chi connectivity index (χ0n) is 12.9. The summed E-state index contributed by atoms with van der Waals surface area (Å²) in [4.78, 5) is 3.56. The second kappa shape index (κ2) is 9.05. The molecule has 0 fully saturated rings. The summed E-state index contributed by atoms with van der Waals surface area (Å²) in [5, 5.41) is 3.55. The van der Waals surface area contributed by atoms with E-state index in [0.29, 0.717) is 0 Å². The molecule has 0 saturated carbocycles. The van der Waals surface area contributed by atoms with Gasteiger partial charge in [-0.05, 0) is 12.8 Å². The summed E-state index contributed by atoms with van der Waals surface area (Å²) >= 11 is 0. The minimum absolute atomic E-state index is 0.0201. The highest BCUT2D eigenvalue weighted by Crippen LogP contribution is 2.31. The van der Waals surface area contributed by atoms with E-state index in [-0.39, 0.29) is 11.7 Å². The topological polar surface area (TPSA) is 38.9 Å². The summed E-state index contributed by atoms with van der Waals surface area (Å²) < 4.78 is 41.9. The van der Waals surface area contributed by atoms with Crippen molar-refractivity contribution in [2.75, 3.05) is 0 Å². The van der Waals surface area contributed by atoms with Gasteiger partial charge in [-0.3, -0.25) is 0 Å². The molecule has 0 saturated heterocycles. The normalized spacial score (nSPS) is 13.6. The summed E-state index contributed by atoms with van der Waals surface area (Å²) in [6.45, 7) is 4.24. The molecular formula is C15H25F3N2O. The standard InChI is InChI=1S/C15H25F3N2O/c1-3-5-7-9-11-12(10-8-6-4-2)13-19-14(21-20-13)15(16,17)18/h12H,3-11H2,1-2H3. The van der Waals surface area contributed by atoms with Crippen molar-refractivity contribution in [2.45, 2.75) is 83.7 Å². The van der Waals surface area contributed by atoms with Crippen molar-refractivity contribution in [3.05, 3.63) is 11.7 Å². The second-order valence-corrected chi connectivity index (χ2v) is 5.50. The number of nitrogens with zero attached hydrogens (tertiary/aromatic N) is 2. The molecule has 1 atom stereocenters. The van der Waals surface area contributed by atoms with Crippen LogP contribution in [-0.4, -0.2) is 10.1 Å². The minimum atomic E-state index is -4.55. The van der Waals surface area contributed by atoms with Gasteiger partial charge < -0.3 is 4.52 Å². The molecule has 0 N–H and O–H groups in total. The summed E-state index contributed by atoms with van der Waals surface area (Å²) in [5.74, 6) is -1.03. The first-order valence-electron chi connectivity index (χ1n) is 7.89. The van der Waals surface area contributed by atoms with Crippen molar-refractivity contribution >= 4 is 0 Å². The van der Waals surface area contributed by atoms with Gasteiger partial charge in [0.05, 0.1) is 0 Å². The second-order valence-electron chi connectivity index (χ2n) is 5.50. The SMILES string of the molecule is CCCCCCC(CCCCC)c1noc(C(F)(F)F)n1. The third kappa shape index (κ3) is 6.48. The van der Waals surface area contributed by atoms with Crippen LogP contribution >= 0.6 is 0 Å². The quantitative estimate of drug-likeness (QED) is 0.519. The molecule has 1 aromatic heterocycles. The Morgan fingerprint density at radius 2 is 1.52 bits per heavy atom. The zero-order valence-corrected chi connectivity index (χ0v) is 12.9. The minimum Gasteiger partial charge on any atom is -0.329 e. The van der Waals surface area contributed by atoms with Crippen LogP contribution in [0.4, 0.5) is 13.2 Å². The van der Waals surface area contributed by atoms with E-state index in [9.17, 15) is 13.2 Å². The Bertz CT molecular complexity index is 391. The Balaban J connectivity index is 2.63. The molecule has 21 heavy (non-hydrogen) atoms. The number of aromatic nitrogens is 2. The zero-order chi connectivity index (χ0) is 15.7. The molecular weight excluding hydrogens is 281 g/mol. The maximum Gasteiger partial charge on any atom is 0.471 e. The Hall–Kier alpha value is -1.07. The molecule has 0 bridgehead atoms. The molecule has 0 amide bonds. The van der Waals surface area contributed by atoms with Gasteiger partial charge in [-0.2, -0.15) is 18.2 Å². The molecule has 0 aliphatic heterocycles. The first-order valence-corrected chi connectivity index (χ1v) is 7.89. The molecule has 1 heterocycles. The molecule has 0 aliphatic rings. The van der Waals surface area contributed by atoms with E-state index in [4.69, 9.17) is 0 Å². The Labute approximate surface area is 124 Å². The van der Waals surface area contributed by atoms with Crippen molar-refractivity contribution in [1.29, 1.82) is 0 Å². The predicted octanol–water partition coefficient (Wildman–Crippen LogP) is 5.72. The third-order valence-electron chi connectivity index (χ3n) is 3.61. The van der Waals surface area contributed by atoms with Crippen LogP contribution in [0.1, 0.15) is 89.3 Å². The summed E-state index contributed by atoms with van der Waals surface area (Å²) in [7, 11) is 0. The highest BCUT2D eigenvalue weighted by molar-refractivity contribution is 4.97. The molecule has 0 spiro atoms. The van der Waals surface area contributed by atoms with Crippen molar-refractivity contribution in [1.82, 2.24) is 10.1 Å². The molecule has 6 heteroatoms. The van der Waals surface area contributed by atoms with Gasteiger partial charge in [0, 0.05) is 5.92 Å². The number of rotatable bonds is 10. The Morgan fingerprint density at radius 1 is 0.952 bits per heavy atom. The van der Waals surface area contributed by atoms with Gasteiger partial charge in [0.1, 0.15) is 0 Å². The fourth-order valence-corrected chi connectivity index (χ4v) is 2.38. The fraction of sp³-hybridized carbons (Fsp3) is 0.867.